The maximum Gasteiger partial charge on any atom is 0.319 e. The third kappa shape index (κ3) is 9.56. The molecule has 0 N–H and O–H groups in total. The lowest BCUT2D eigenvalue weighted by Crippen LogP contribution is -2.35. The van der Waals surface area contributed by atoms with E-state index < -0.39 is 23.9 Å². The van der Waals surface area contributed by atoms with Crippen LogP contribution in [0.4, 0.5) is 0 Å². The van der Waals surface area contributed by atoms with Crippen molar-refractivity contribution in [1.29, 1.82) is 0 Å². The molecule has 0 atom stereocenters. The first-order valence-electron chi connectivity index (χ1n) is 12.6. The predicted octanol–water partition coefficient (Wildman–Crippen LogP) is 1.23. The highest BCUT2D eigenvalue weighted by Crippen LogP contribution is 2.24. The molecule has 0 saturated heterocycles. The van der Waals surface area contributed by atoms with Gasteiger partial charge in [0, 0.05) is 19.3 Å². The number of esters is 4. The molecule has 3 aromatic heterocycles. The molecular weight excluding hydrogens is 663 g/mol. The molecule has 0 amide bonds. The maximum absolute atomic E-state index is 11.9. The average molecular weight is 694 g/mol. The summed E-state index contributed by atoms with van der Waals surface area (Å²) in [6.45, 7) is -0.0438. The number of methoxy groups -OCH3 is 4. The lowest BCUT2D eigenvalue weighted by Gasteiger charge is -2.19. The molecule has 224 valence electrons. The van der Waals surface area contributed by atoms with Crippen LogP contribution < -0.4 is 0 Å². The van der Waals surface area contributed by atoms with Crippen molar-refractivity contribution < 1.29 is 38.1 Å². The Hall–Kier alpha value is -3.96. The van der Waals surface area contributed by atoms with Gasteiger partial charge in [-0.3, -0.25) is 29.0 Å². The second-order valence-corrected chi connectivity index (χ2v) is 10.0. The Labute approximate surface area is 256 Å². The second-order valence-electron chi connectivity index (χ2n) is 8.87. The standard InChI is InChI=1S/C27H31IN6O8/c1-39-23(35)14-32(15-24(36)40-2)11-18-7-5-9-21(29-18)27-20(28)13-34(31-27)22-10-6-8-19(30-22)12-33(16-25(37)41-3)17-26(38)42-4/h5-10,13H,11-12,14-17H2,1-4H3. The average Bonchev–Trinajstić information content (AvgIpc) is 3.38. The summed E-state index contributed by atoms with van der Waals surface area (Å²) in [4.78, 5) is 59.9. The van der Waals surface area contributed by atoms with Gasteiger partial charge in [-0.25, -0.2) is 14.6 Å². The fourth-order valence-electron chi connectivity index (χ4n) is 3.81. The first-order chi connectivity index (χ1) is 20.1. The van der Waals surface area contributed by atoms with E-state index in [0.29, 0.717) is 28.6 Å². The largest absolute Gasteiger partial charge is 0.468 e. The molecule has 0 saturated carbocycles. The first-order valence-corrected chi connectivity index (χ1v) is 13.6. The second kappa shape index (κ2) is 15.9. The van der Waals surface area contributed by atoms with E-state index in [1.165, 1.54) is 28.4 Å². The minimum Gasteiger partial charge on any atom is -0.468 e. The summed E-state index contributed by atoms with van der Waals surface area (Å²) >= 11 is 2.16. The van der Waals surface area contributed by atoms with Crippen LogP contribution in [0.2, 0.25) is 0 Å². The molecule has 0 radical (unpaired) electrons. The summed E-state index contributed by atoms with van der Waals surface area (Å²) in [5.41, 5.74) is 2.41. The van der Waals surface area contributed by atoms with Gasteiger partial charge in [0.15, 0.2) is 5.82 Å². The predicted molar refractivity (Wildman–Crippen MR) is 156 cm³/mol. The molecule has 0 aliphatic rings. The summed E-state index contributed by atoms with van der Waals surface area (Å²) in [5.74, 6) is -1.44. The third-order valence-electron chi connectivity index (χ3n) is 5.84. The highest BCUT2D eigenvalue weighted by Gasteiger charge is 2.19. The van der Waals surface area contributed by atoms with Crippen molar-refractivity contribution in [2.75, 3.05) is 54.6 Å². The van der Waals surface area contributed by atoms with Crippen LogP contribution >= 0.6 is 22.6 Å². The molecule has 0 bridgehead atoms. The zero-order valence-corrected chi connectivity index (χ0v) is 25.8. The summed E-state index contributed by atoms with van der Waals surface area (Å²) in [7, 11) is 5.11. The fraction of sp³-hybridized carbons (Fsp3) is 0.370. The molecule has 0 aliphatic carbocycles. The van der Waals surface area contributed by atoms with Gasteiger partial charge in [0.25, 0.3) is 0 Å². The highest BCUT2D eigenvalue weighted by molar-refractivity contribution is 14.1. The number of pyridine rings is 2. The zero-order chi connectivity index (χ0) is 30.6. The van der Waals surface area contributed by atoms with E-state index >= 15 is 0 Å². The van der Waals surface area contributed by atoms with Crippen molar-refractivity contribution in [2.45, 2.75) is 13.1 Å². The van der Waals surface area contributed by atoms with Crippen LogP contribution in [-0.4, -0.2) is 108 Å². The lowest BCUT2D eigenvalue weighted by atomic mass is 10.2. The summed E-state index contributed by atoms with van der Waals surface area (Å²) in [6, 6.07) is 10.8. The highest BCUT2D eigenvalue weighted by atomic mass is 127. The molecule has 15 heteroatoms. The number of halogens is 1. The Balaban J connectivity index is 1.83. The lowest BCUT2D eigenvalue weighted by molar-refractivity contribution is -0.147. The molecule has 0 aliphatic heterocycles. The van der Waals surface area contributed by atoms with E-state index in [9.17, 15) is 19.2 Å². The normalized spacial score (nSPS) is 10.9. The number of ether oxygens (including phenoxy) is 4. The minimum atomic E-state index is -0.491. The first kappa shape index (κ1) is 32.6. The van der Waals surface area contributed by atoms with Gasteiger partial charge < -0.3 is 18.9 Å². The van der Waals surface area contributed by atoms with E-state index in [4.69, 9.17) is 29.0 Å². The van der Waals surface area contributed by atoms with E-state index in [0.717, 1.165) is 3.57 Å². The Kier molecular flexibility index (Phi) is 12.3. The Morgan fingerprint density at radius 2 is 1.17 bits per heavy atom. The quantitative estimate of drug-likeness (QED) is 0.135. The summed E-state index contributed by atoms with van der Waals surface area (Å²) in [5, 5.41) is 4.70. The number of rotatable bonds is 14. The van der Waals surface area contributed by atoms with Gasteiger partial charge in [-0.2, -0.15) is 5.10 Å². The number of hydrogen-bond acceptors (Lipinski definition) is 13. The molecule has 3 aromatic rings. The van der Waals surface area contributed by atoms with Crippen LogP contribution in [0, 0.1) is 3.57 Å². The van der Waals surface area contributed by atoms with Crippen molar-refractivity contribution >= 4 is 46.5 Å². The number of carbonyl (C=O) groups is 4. The Morgan fingerprint density at radius 3 is 1.64 bits per heavy atom. The molecule has 14 nitrogen and oxygen atoms in total. The fourth-order valence-corrected chi connectivity index (χ4v) is 4.46. The number of carbonyl (C=O) groups excluding carboxylic acids is 4. The molecule has 42 heavy (non-hydrogen) atoms. The van der Waals surface area contributed by atoms with Gasteiger partial charge in [-0.05, 0) is 46.9 Å². The van der Waals surface area contributed by atoms with Crippen molar-refractivity contribution in [3.8, 4) is 17.2 Å². The van der Waals surface area contributed by atoms with Gasteiger partial charge in [-0.1, -0.05) is 12.1 Å². The minimum absolute atomic E-state index is 0.109. The van der Waals surface area contributed by atoms with Gasteiger partial charge in [0.05, 0.1) is 75.3 Å². The van der Waals surface area contributed by atoms with Crippen LogP contribution in [0.15, 0.2) is 42.6 Å². The number of aromatic nitrogens is 4. The van der Waals surface area contributed by atoms with Crippen molar-refractivity contribution in [3.05, 3.63) is 57.6 Å². The SMILES string of the molecule is COC(=O)CN(CC(=O)OC)Cc1cccc(-c2nn(-c3cccc(CN(CC(=O)OC)CC(=O)OC)n3)cc2I)n1. The number of hydrogen-bond donors (Lipinski definition) is 0. The molecule has 0 fully saturated rings. The van der Waals surface area contributed by atoms with Crippen molar-refractivity contribution in [3.63, 3.8) is 0 Å². The van der Waals surface area contributed by atoms with Gasteiger partial charge in [0.1, 0.15) is 5.69 Å². The van der Waals surface area contributed by atoms with Crippen LogP contribution in [0.5, 0.6) is 0 Å². The zero-order valence-electron chi connectivity index (χ0n) is 23.6. The Bertz CT molecular complexity index is 1380. The van der Waals surface area contributed by atoms with Gasteiger partial charge in [-0.15, -0.1) is 0 Å². The van der Waals surface area contributed by atoms with E-state index in [1.807, 2.05) is 12.1 Å². The molecule has 3 heterocycles. The maximum atomic E-state index is 11.9. The number of nitrogens with zero attached hydrogens (tertiary/aromatic N) is 6. The monoisotopic (exact) mass is 694 g/mol. The summed E-state index contributed by atoms with van der Waals surface area (Å²) < 4.78 is 21.4. The van der Waals surface area contributed by atoms with Crippen LogP contribution in [-0.2, 0) is 51.2 Å². The molecule has 0 unspecified atom stereocenters. The summed E-state index contributed by atoms with van der Waals surface area (Å²) in [6.07, 6.45) is 1.80. The molecule has 3 rings (SSSR count). The smallest absolute Gasteiger partial charge is 0.319 e. The molecule has 0 spiro atoms. The van der Waals surface area contributed by atoms with Gasteiger partial charge in [0.2, 0.25) is 0 Å². The van der Waals surface area contributed by atoms with Crippen molar-refractivity contribution in [1.82, 2.24) is 29.5 Å². The molecular formula is C27H31IN6O8. The van der Waals surface area contributed by atoms with Crippen LogP contribution in [0.1, 0.15) is 11.4 Å². The van der Waals surface area contributed by atoms with E-state index in [1.54, 1.807) is 44.9 Å². The third-order valence-corrected chi connectivity index (χ3v) is 6.63. The molecule has 0 aromatic carbocycles. The van der Waals surface area contributed by atoms with Crippen molar-refractivity contribution in [2.24, 2.45) is 0 Å². The van der Waals surface area contributed by atoms with E-state index in [2.05, 4.69) is 27.6 Å². The van der Waals surface area contributed by atoms with Crippen LogP contribution in [0.3, 0.4) is 0 Å². The Morgan fingerprint density at radius 1 is 0.714 bits per heavy atom. The van der Waals surface area contributed by atoms with Gasteiger partial charge >= 0.3 is 23.9 Å². The topological polar surface area (TPSA) is 155 Å². The van der Waals surface area contributed by atoms with Crippen LogP contribution in [0.25, 0.3) is 17.2 Å². The van der Waals surface area contributed by atoms with E-state index in [-0.39, 0.29) is 39.3 Å².